The number of nitrogens with one attached hydrogen (secondary N) is 1. The molecule has 94 valence electrons. The van der Waals surface area contributed by atoms with E-state index in [0.717, 1.165) is 12.5 Å². The van der Waals surface area contributed by atoms with Crippen molar-refractivity contribution in [3.8, 4) is 0 Å². The molecule has 1 atom stereocenters. The van der Waals surface area contributed by atoms with Crippen LogP contribution in [0.1, 0.15) is 71.6 Å². The van der Waals surface area contributed by atoms with Gasteiger partial charge in [-0.2, -0.15) is 5.10 Å². The van der Waals surface area contributed by atoms with Gasteiger partial charge in [0.2, 0.25) is 0 Å². The van der Waals surface area contributed by atoms with E-state index in [-0.39, 0.29) is 0 Å². The Morgan fingerprint density at radius 3 is 2.56 bits per heavy atom. The molecule has 0 spiro atoms. The molecule has 1 aliphatic rings. The molecule has 0 saturated carbocycles. The van der Waals surface area contributed by atoms with Gasteiger partial charge in [-0.05, 0) is 19.3 Å². The second-order valence-electron chi connectivity index (χ2n) is 4.97. The molecule has 1 aliphatic heterocycles. The van der Waals surface area contributed by atoms with Gasteiger partial charge in [-0.1, -0.05) is 52.4 Å². The quantitative estimate of drug-likeness (QED) is 0.586. The van der Waals surface area contributed by atoms with Crippen molar-refractivity contribution >= 4 is 5.71 Å². The minimum absolute atomic E-state index is 0.744. The van der Waals surface area contributed by atoms with Gasteiger partial charge in [-0.15, -0.1) is 0 Å². The summed E-state index contributed by atoms with van der Waals surface area (Å²) >= 11 is 0. The fourth-order valence-electron chi connectivity index (χ4n) is 2.37. The number of hydrazone groups is 1. The van der Waals surface area contributed by atoms with E-state index in [2.05, 4.69) is 24.4 Å². The summed E-state index contributed by atoms with van der Waals surface area (Å²) in [7, 11) is 0. The Kier molecular flexibility index (Phi) is 7.28. The van der Waals surface area contributed by atoms with E-state index in [4.69, 9.17) is 0 Å². The fourth-order valence-corrected chi connectivity index (χ4v) is 2.37. The second-order valence-corrected chi connectivity index (χ2v) is 4.97. The fraction of sp³-hybridized carbons (Fsp3) is 0.929. The van der Waals surface area contributed by atoms with Gasteiger partial charge >= 0.3 is 0 Å². The van der Waals surface area contributed by atoms with Crippen LogP contribution in [0, 0.1) is 5.92 Å². The van der Waals surface area contributed by atoms with Crippen LogP contribution in [0.5, 0.6) is 0 Å². The highest BCUT2D eigenvalue weighted by atomic mass is 15.3. The standard InChI is InChI=1S/C14H28N2/c1-3-5-7-9-11-14-13(12-15-16-14)10-8-6-4-2/h13,15H,3-12H2,1-2H3. The summed E-state index contributed by atoms with van der Waals surface area (Å²) in [5.74, 6) is 0.744. The van der Waals surface area contributed by atoms with E-state index >= 15 is 0 Å². The van der Waals surface area contributed by atoms with Gasteiger partial charge in [0.15, 0.2) is 0 Å². The Bertz CT molecular complexity index is 199. The van der Waals surface area contributed by atoms with Crippen molar-refractivity contribution in [1.29, 1.82) is 0 Å². The Hall–Kier alpha value is -0.530. The Labute approximate surface area is 101 Å². The molecule has 1 rings (SSSR count). The highest BCUT2D eigenvalue weighted by Gasteiger charge is 2.19. The number of nitrogens with zero attached hydrogens (tertiary/aromatic N) is 1. The van der Waals surface area contributed by atoms with Crippen molar-refractivity contribution in [2.45, 2.75) is 71.6 Å². The average molecular weight is 224 g/mol. The summed E-state index contributed by atoms with van der Waals surface area (Å²) < 4.78 is 0. The largest absolute Gasteiger partial charge is 0.309 e. The van der Waals surface area contributed by atoms with Crippen molar-refractivity contribution < 1.29 is 0 Å². The maximum absolute atomic E-state index is 4.46. The van der Waals surface area contributed by atoms with E-state index < -0.39 is 0 Å². The zero-order valence-corrected chi connectivity index (χ0v) is 11.1. The van der Waals surface area contributed by atoms with Crippen LogP contribution in [0.2, 0.25) is 0 Å². The van der Waals surface area contributed by atoms with Gasteiger partial charge in [-0.25, -0.2) is 0 Å². The zero-order valence-electron chi connectivity index (χ0n) is 11.1. The minimum Gasteiger partial charge on any atom is -0.309 e. The van der Waals surface area contributed by atoms with Crippen LogP contribution in [0.3, 0.4) is 0 Å². The molecule has 1 unspecified atom stereocenters. The highest BCUT2D eigenvalue weighted by Crippen LogP contribution is 2.18. The lowest BCUT2D eigenvalue weighted by atomic mass is 9.93. The molecular formula is C14H28N2. The monoisotopic (exact) mass is 224 g/mol. The third-order valence-electron chi connectivity index (χ3n) is 3.47. The topological polar surface area (TPSA) is 24.4 Å². The summed E-state index contributed by atoms with van der Waals surface area (Å²) in [6.45, 7) is 5.63. The number of hydrogen-bond acceptors (Lipinski definition) is 2. The predicted octanol–water partition coefficient (Wildman–Crippen LogP) is 4.11. The lowest BCUT2D eigenvalue weighted by Gasteiger charge is -2.11. The molecule has 0 amide bonds. The SMILES string of the molecule is CCCCCCC1=NNCC1CCCCC. The Morgan fingerprint density at radius 2 is 1.81 bits per heavy atom. The van der Waals surface area contributed by atoms with E-state index in [0.29, 0.717) is 0 Å². The van der Waals surface area contributed by atoms with E-state index in [1.165, 1.54) is 63.5 Å². The molecule has 0 aromatic rings. The van der Waals surface area contributed by atoms with Crippen molar-refractivity contribution in [2.24, 2.45) is 11.0 Å². The maximum Gasteiger partial charge on any atom is 0.0427 e. The van der Waals surface area contributed by atoms with Crippen LogP contribution < -0.4 is 5.43 Å². The highest BCUT2D eigenvalue weighted by molar-refractivity contribution is 5.87. The third kappa shape index (κ3) is 5.00. The molecule has 2 heteroatoms. The van der Waals surface area contributed by atoms with E-state index in [9.17, 15) is 0 Å². The van der Waals surface area contributed by atoms with E-state index in [1.807, 2.05) is 0 Å². The van der Waals surface area contributed by atoms with Crippen molar-refractivity contribution in [3.63, 3.8) is 0 Å². The smallest absolute Gasteiger partial charge is 0.0427 e. The predicted molar refractivity (Wildman–Crippen MR) is 71.8 cm³/mol. The molecule has 16 heavy (non-hydrogen) atoms. The van der Waals surface area contributed by atoms with Crippen LogP contribution in [-0.2, 0) is 0 Å². The summed E-state index contributed by atoms with van der Waals surface area (Å²) in [4.78, 5) is 0. The van der Waals surface area contributed by atoms with Gasteiger partial charge in [-0.3, -0.25) is 0 Å². The molecule has 0 radical (unpaired) electrons. The van der Waals surface area contributed by atoms with Gasteiger partial charge in [0.25, 0.3) is 0 Å². The molecule has 0 bridgehead atoms. The first-order valence-corrected chi connectivity index (χ1v) is 7.17. The lowest BCUT2D eigenvalue weighted by molar-refractivity contribution is 0.553. The van der Waals surface area contributed by atoms with Crippen LogP contribution in [-0.4, -0.2) is 12.3 Å². The van der Waals surface area contributed by atoms with E-state index in [1.54, 1.807) is 0 Å². The second kappa shape index (κ2) is 8.60. The molecule has 1 heterocycles. The first-order valence-electron chi connectivity index (χ1n) is 7.17. The number of rotatable bonds is 9. The van der Waals surface area contributed by atoms with Crippen LogP contribution in [0.4, 0.5) is 0 Å². The maximum atomic E-state index is 4.46. The number of hydrogen-bond donors (Lipinski definition) is 1. The molecule has 0 aromatic carbocycles. The Morgan fingerprint density at radius 1 is 1.06 bits per heavy atom. The molecular weight excluding hydrogens is 196 g/mol. The third-order valence-corrected chi connectivity index (χ3v) is 3.47. The minimum atomic E-state index is 0.744. The molecule has 0 saturated heterocycles. The van der Waals surface area contributed by atoms with Crippen LogP contribution in [0.25, 0.3) is 0 Å². The molecule has 2 nitrogen and oxygen atoms in total. The average Bonchev–Trinajstić information content (AvgIpc) is 2.73. The lowest BCUT2D eigenvalue weighted by Crippen LogP contribution is -2.15. The van der Waals surface area contributed by atoms with Crippen LogP contribution >= 0.6 is 0 Å². The van der Waals surface area contributed by atoms with Gasteiger partial charge in [0.1, 0.15) is 0 Å². The zero-order chi connectivity index (χ0) is 11.6. The van der Waals surface area contributed by atoms with Crippen LogP contribution in [0.15, 0.2) is 5.10 Å². The normalized spacial score (nSPS) is 19.6. The summed E-state index contributed by atoms with van der Waals surface area (Å²) in [5, 5.41) is 4.46. The van der Waals surface area contributed by atoms with Crippen molar-refractivity contribution in [3.05, 3.63) is 0 Å². The molecule has 0 aromatic heterocycles. The van der Waals surface area contributed by atoms with Gasteiger partial charge < -0.3 is 5.43 Å². The summed E-state index contributed by atoms with van der Waals surface area (Å²) in [6, 6.07) is 0. The van der Waals surface area contributed by atoms with Gasteiger partial charge in [0, 0.05) is 18.2 Å². The molecule has 0 aliphatic carbocycles. The summed E-state index contributed by atoms with van der Waals surface area (Å²) in [6.07, 6.45) is 12.0. The molecule has 1 N–H and O–H groups in total. The van der Waals surface area contributed by atoms with Crippen molar-refractivity contribution in [2.75, 3.05) is 6.54 Å². The van der Waals surface area contributed by atoms with Crippen molar-refractivity contribution in [1.82, 2.24) is 5.43 Å². The molecule has 0 fully saturated rings. The first-order chi connectivity index (χ1) is 7.88. The Balaban J connectivity index is 2.13. The summed E-state index contributed by atoms with van der Waals surface area (Å²) in [5.41, 5.74) is 4.63. The first kappa shape index (κ1) is 13.5. The van der Waals surface area contributed by atoms with Gasteiger partial charge in [0.05, 0.1) is 0 Å². The number of unbranched alkanes of at least 4 members (excludes halogenated alkanes) is 5.